The Kier molecular flexibility index (Phi) is 7.34. The molecular formula is C18H34N4O2. The number of piperidine rings is 2. The van der Waals surface area contributed by atoms with Crippen molar-refractivity contribution in [3.8, 4) is 0 Å². The van der Waals surface area contributed by atoms with Crippen LogP contribution < -0.4 is 5.32 Å². The van der Waals surface area contributed by atoms with Crippen LogP contribution in [0.1, 0.15) is 52.9 Å². The van der Waals surface area contributed by atoms with Crippen molar-refractivity contribution < 1.29 is 9.59 Å². The molecule has 0 radical (unpaired) electrons. The van der Waals surface area contributed by atoms with Crippen molar-refractivity contribution in [1.82, 2.24) is 20.0 Å². The molecule has 2 saturated heterocycles. The van der Waals surface area contributed by atoms with Crippen molar-refractivity contribution in [2.24, 2.45) is 0 Å². The van der Waals surface area contributed by atoms with Gasteiger partial charge in [-0.15, -0.1) is 0 Å². The van der Waals surface area contributed by atoms with Crippen molar-refractivity contribution in [2.45, 2.75) is 65.0 Å². The molecule has 2 fully saturated rings. The Morgan fingerprint density at radius 3 is 2.46 bits per heavy atom. The molecular weight excluding hydrogens is 304 g/mol. The lowest BCUT2D eigenvalue weighted by atomic mass is 10.0. The average Bonchev–Trinajstić information content (AvgIpc) is 2.55. The summed E-state index contributed by atoms with van der Waals surface area (Å²) in [4.78, 5) is 30.7. The number of hydrogen-bond donors (Lipinski definition) is 1. The van der Waals surface area contributed by atoms with E-state index in [0.717, 1.165) is 45.6 Å². The molecule has 2 aliphatic rings. The van der Waals surface area contributed by atoms with Gasteiger partial charge in [-0.25, -0.2) is 4.79 Å². The van der Waals surface area contributed by atoms with E-state index in [1.807, 2.05) is 23.6 Å². The van der Waals surface area contributed by atoms with Gasteiger partial charge in [-0.1, -0.05) is 6.42 Å². The van der Waals surface area contributed by atoms with Gasteiger partial charge in [0.2, 0.25) is 5.91 Å². The molecule has 1 N–H and O–H groups in total. The van der Waals surface area contributed by atoms with E-state index in [2.05, 4.69) is 10.2 Å². The molecule has 3 amide bonds. The van der Waals surface area contributed by atoms with E-state index >= 15 is 0 Å². The zero-order valence-electron chi connectivity index (χ0n) is 15.6. The summed E-state index contributed by atoms with van der Waals surface area (Å²) in [5, 5.41) is 2.96. The Hall–Kier alpha value is -1.30. The fourth-order valence-corrected chi connectivity index (χ4v) is 3.76. The van der Waals surface area contributed by atoms with E-state index in [1.54, 1.807) is 6.92 Å². The lowest BCUT2D eigenvalue weighted by Crippen LogP contribution is -2.55. The first-order chi connectivity index (χ1) is 11.5. The van der Waals surface area contributed by atoms with Gasteiger partial charge in [0.25, 0.3) is 0 Å². The molecule has 0 bridgehead atoms. The van der Waals surface area contributed by atoms with Crippen molar-refractivity contribution in [3.05, 3.63) is 0 Å². The molecule has 2 rings (SSSR count). The van der Waals surface area contributed by atoms with Gasteiger partial charge in [-0.3, -0.25) is 4.79 Å². The van der Waals surface area contributed by atoms with Gasteiger partial charge < -0.3 is 20.0 Å². The minimum atomic E-state index is -0.00534. The Bertz CT molecular complexity index is 421. The third-order valence-corrected chi connectivity index (χ3v) is 5.05. The molecule has 138 valence electrons. The molecule has 0 aromatic carbocycles. The largest absolute Gasteiger partial charge is 0.337 e. The van der Waals surface area contributed by atoms with Crippen LogP contribution in [0, 0.1) is 0 Å². The van der Waals surface area contributed by atoms with Crippen molar-refractivity contribution in [2.75, 3.05) is 39.3 Å². The van der Waals surface area contributed by atoms with Crippen LogP contribution in [0.25, 0.3) is 0 Å². The van der Waals surface area contributed by atoms with Crippen molar-refractivity contribution >= 4 is 11.9 Å². The highest BCUT2D eigenvalue weighted by Gasteiger charge is 2.29. The number of hydrogen-bond acceptors (Lipinski definition) is 3. The molecule has 0 spiro atoms. The Morgan fingerprint density at radius 1 is 1.12 bits per heavy atom. The standard InChI is InChI=1S/C18H34N4O2/c1-15(2)19-18(24)21-11-7-8-17(14-21)22(16(3)23)13-12-20-9-5-4-6-10-20/h15,17H,4-14H2,1-3H3,(H,19,24). The third-order valence-electron chi connectivity index (χ3n) is 5.05. The summed E-state index contributed by atoms with van der Waals surface area (Å²) >= 11 is 0. The van der Waals surface area contributed by atoms with E-state index in [0.29, 0.717) is 6.54 Å². The van der Waals surface area contributed by atoms with E-state index in [4.69, 9.17) is 0 Å². The van der Waals surface area contributed by atoms with Crippen LogP contribution in [0.4, 0.5) is 4.79 Å². The molecule has 6 nitrogen and oxygen atoms in total. The van der Waals surface area contributed by atoms with E-state index in [-0.39, 0.29) is 24.0 Å². The molecule has 2 aliphatic heterocycles. The number of amides is 3. The van der Waals surface area contributed by atoms with E-state index < -0.39 is 0 Å². The predicted octanol–water partition coefficient (Wildman–Crippen LogP) is 1.90. The van der Waals surface area contributed by atoms with Crippen LogP contribution >= 0.6 is 0 Å². The number of carbonyl (C=O) groups is 2. The van der Waals surface area contributed by atoms with Crippen LogP contribution in [-0.2, 0) is 4.79 Å². The zero-order chi connectivity index (χ0) is 17.5. The molecule has 0 aromatic rings. The summed E-state index contributed by atoms with van der Waals surface area (Å²) in [6, 6.07) is 0.286. The third kappa shape index (κ3) is 5.65. The van der Waals surface area contributed by atoms with Crippen molar-refractivity contribution in [1.29, 1.82) is 0 Å². The topological polar surface area (TPSA) is 55.9 Å². The second kappa shape index (κ2) is 9.25. The Balaban J connectivity index is 1.88. The van der Waals surface area contributed by atoms with Gasteiger partial charge in [0.1, 0.15) is 0 Å². The lowest BCUT2D eigenvalue weighted by molar-refractivity contribution is -0.132. The molecule has 0 saturated carbocycles. The second-order valence-electron chi connectivity index (χ2n) is 7.46. The molecule has 6 heteroatoms. The van der Waals surface area contributed by atoms with Gasteiger partial charge in [0.05, 0.1) is 0 Å². The van der Waals surface area contributed by atoms with Gasteiger partial charge in [0, 0.05) is 45.2 Å². The first-order valence-electron chi connectivity index (χ1n) is 9.52. The first-order valence-corrected chi connectivity index (χ1v) is 9.52. The molecule has 0 aromatic heterocycles. The van der Waals surface area contributed by atoms with Gasteiger partial charge in [0.15, 0.2) is 0 Å². The summed E-state index contributed by atoms with van der Waals surface area (Å²) < 4.78 is 0. The zero-order valence-corrected chi connectivity index (χ0v) is 15.6. The number of carbonyl (C=O) groups excluding carboxylic acids is 2. The van der Waals surface area contributed by atoms with Gasteiger partial charge in [-0.2, -0.15) is 0 Å². The van der Waals surface area contributed by atoms with Crippen LogP contribution in [0.2, 0.25) is 0 Å². The highest BCUT2D eigenvalue weighted by molar-refractivity contribution is 5.75. The Morgan fingerprint density at radius 2 is 1.83 bits per heavy atom. The minimum Gasteiger partial charge on any atom is -0.337 e. The molecule has 0 aliphatic carbocycles. The SMILES string of the molecule is CC(=O)N(CCN1CCCCC1)C1CCCN(C(=O)NC(C)C)C1. The van der Waals surface area contributed by atoms with Gasteiger partial charge >= 0.3 is 6.03 Å². The quantitative estimate of drug-likeness (QED) is 0.833. The monoisotopic (exact) mass is 338 g/mol. The first kappa shape index (κ1) is 19.0. The maximum absolute atomic E-state index is 12.3. The highest BCUT2D eigenvalue weighted by Crippen LogP contribution is 2.17. The number of nitrogens with zero attached hydrogens (tertiary/aromatic N) is 3. The van der Waals surface area contributed by atoms with Crippen LogP contribution in [-0.4, -0.2) is 78.0 Å². The number of rotatable bonds is 5. The Labute approximate surface area is 146 Å². The van der Waals surface area contributed by atoms with E-state index in [1.165, 1.54) is 19.3 Å². The van der Waals surface area contributed by atoms with Crippen LogP contribution in [0.3, 0.4) is 0 Å². The maximum Gasteiger partial charge on any atom is 0.317 e. The second-order valence-corrected chi connectivity index (χ2v) is 7.46. The summed E-state index contributed by atoms with van der Waals surface area (Å²) in [6.45, 7) is 11.1. The lowest BCUT2D eigenvalue weighted by Gasteiger charge is -2.40. The summed E-state index contributed by atoms with van der Waals surface area (Å²) in [5.41, 5.74) is 0. The highest BCUT2D eigenvalue weighted by atomic mass is 16.2. The number of urea groups is 1. The fraction of sp³-hybridized carbons (Fsp3) is 0.889. The summed E-state index contributed by atoms with van der Waals surface area (Å²) in [7, 11) is 0. The number of likely N-dealkylation sites (tertiary alicyclic amines) is 2. The summed E-state index contributed by atoms with van der Waals surface area (Å²) in [5.74, 6) is 0.128. The maximum atomic E-state index is 12.3. The molecule has 1 unspecified atom stereocenters. The minimum absolute atomic E-state index is 0.00534. The van der Waals surface area contributed by atoms with Crippen LogP contribution in [0.15, 0.2) is 0 Å². The van der Waals surface area contributed by atoms with E-state index in [9.17, 15) is 9.59 Å². The van der Waals surface area contributed by atoms with Crippen LogP contribution in [0.5, 0.6) is 0 Å². The van der Waals surface area contributed by atoms with Crippen molar-refractivity contribution in [3.63, 3.8) is 0 Å². The molecule has 24 heavy (non-hydrogen) atoms. The normalized spacial score (nSPS) is 22.5. The predicted molar refractivity (Wildman–Crippen MR) is 95.9 cm³/mol. The van der Waals surface area contributed by atoms with Gasteiger partial charge in [-0.05, 0) is 52.6 Å². The number of nitrogens with one attached hydrogen (secondary N) is 1. The smallest absolute Gasteiger partial charge is 0.317 e. The summed E-state index contributed by atoms with van der Waals surface area (Å²) in [6.07, 6.45) is 5.82. The average molecular weight is 338 g/mol. The molecule has 1 atom stereocenters. The molecule has 2 heterocycles. The fourth-order valence-electron chi connectivity index (χ4n) is 3.76.